The summed E-state index contributed by atoms with van der Waals surface area (Å²) in [6, 6.07) is 85.0. The van der Waals surface area contributed by atoms with Gasteiger partial charge in [0.1, 0.15) is 23.0 Å². The standard InChI is InChI=1S/C74H52N2O2/c1-3-19-49(20-4-1)53-39-45-67-63(47-53)73(59-25-9-15-31-69(59)77-70-32-16-10-26-60(70)73)57-23-7-13-29-65(57)75(67)55-41-35-51(36-42-55)52-37-43-56(44-38-52)76-66-30-14-8-24-58(66)74(64-48-54(40-46-68(64)76)50-21-5-2-6-22-50)61-27-11-17-33-71(61)78-72-34-18-12-28-62(72)74/h3,5,7-48H,1-2,4,6H2. The van der Waals surface area contributed by atoms with E-state index in [4.69, 9.17) is 9.47 Å². The minimum absolute atomic E-state index is 0.632. The number of ether oxygens (including phenoxy) is 2. The molecule has 0 atom stereocenters. The van der Waals surface area contributed by atoms with Gasteiger partial charge in [0.05, 0.1) is 33.6 Å². The highest BCUT2D eigenvalue weighted by Crippen LogP contribution is 2.65. The first-order valence-corrected chi connectivity index (χ1v) is 27.4. The Labute approximate surface area is 455 Å². The Morgan fingerprint density at radius 1 is 0.282 bits per heavy atom. The normalized spacial score (nSPS) is 16.2. The molecule has 0 saturated heterocycles. The fourth-order valence-corrected chi connectivity index (χ4v) is 13.9. The van der Waals surface area contributed by atoms with Crippen molar-refractivity contribution >= 4 is 45.3 Å². The molecule has 78 heavy (non-hydrogen) atoms. The van der Waals surface area contributed by atoms with Crippen LogP contribution in [0.1, 0.15) is 81.3 Å². The van der Waals surface area contributed by atoms with Crippen LogP contribution in [0.25, 0.3) is 22.3 Å². The molecule has 0 bridgehead atoms. The predicted octanol–water partition coefficient (Wildman–Crippen LogP) is 19.4. The third-order valence-corrected chi connectivity index (χ3v) is 17.2. The first kappa shape index (κ1) is 44.6. The molecule has 0 aromatic heterocycles. The van der Waals surface area contributed by atoms with Crippen LogP contribution in [0.2, 0.25) is 0 Å². The molecule has 10 aromatic rings. The highest BCUT2D eigenvalue weighted by atomic mass is 16.5. The van der Waals surface area contributed by atoms with E-state index in [0.717, 1.165) is 116 Å². The van der Waals surface area contributed by atoms with Crippen LogP contribution >= 0.6 is 0 Å². The SMILES string of the molecule is C1=CC(c2ccc3c(c2)C2(c4ccccc4Oc4ccccc42)c2ccccc2N3c2ccc(-c3ccc(N4c5ccccc5C5(c6ccccc6Oc6ccccc65)c5cc(C6=CCCC=C6)ccc54)cc3)cc2)=CCC1. The summed E-state index contributed by atoms with van der Waals surface area (Å²) in [5, 5.41) is 0. The van der Waals surface area contributed by atoms with Crippen LogP contribution < -0.4 is 19.3 Å². The summed E-state index contributed by atoms with van der Waals surface area (Å²) < 4.78 is 13.5. The molecule has 0 N–H and O–H groups in total. The highest BCUT2D eigenvalue weighted by molar-refractivity contribution is 5.95. The number of rotatable bonds is 5. The largest absolute Gasteiger partial charge is 0.457 e. The van der Waals surface area contributed by atoms with Crippen molar-refractivity contribution < 1.29 is 9.47 Å². The zero-order valence-corrected chi connectivity index (χ0v) is 42.9. The van der Waals surface area contributed by atoms with Crippen LogP contribution in [0, 0.1) is 0 Å². The van der Waals surface area contributed by atoms with E-state index in [-0.39, 0.29) is 0 Å². The topological polar surface area (TPSA) is 24.9 Å². The summed E-state index contributed by atoms with van der Waals surface area (Å²) in [5.74, 6) is 3.54. The lowest BCUT2D eigenvalue weighted by atomic mass is 9.61. The first-order valence-electron chi connectivity index (χ1n) is 27.4. The van der Waals surface area contributed by atoms with E-state index in [1.807, 2.05) is 0 Å². The van der Waals surface area contributed by atoms with Crippen LogP contribution in [0.15, 0.2) is 267 Å². The van der Waals surface area contributed by atoms with E-state index >= 15 is 0 Å². The monoisotopic (exact) mass is 1000 g/mol. The molecule has 0 saturated carbocycles. The molecule has 0 unspecified atom stereocenters. The Hall–Kier alpha value is -9.64. The van der Waals surface area contributed by atoms with E-state index in [1.165, 1.54) is 44.5 Å². The lowest BCUT2D eigenvalue weighted by Crippen LogP contribution is -2.39. The van der Waals surface area contributed by atoms with Gasteiger partial charge in [-0.05, 0) is 166 Å². The molecule has 2 aliphatic carbocycles. The molecule has 10 aromatic carbocycles. The van der Waals surface area contributed by atoms with Gasteiger partial charge in [-0.25, -0.2) is 0 Å². The predicted molar refractivity (Wildman–Crippen MR) is 318 cm³/mol. The van der Waals surface area contributed by atoms with E-state index < -0.39 is 10.8 Å². The molecule has 370 valence electrons. The van der Waals surface area contributed by atoms with Gasteiger partial charge in [-0.3, -0.25) is 0 Å². The Morgan fingerprint density at radius 2 is 0.603 bits per heavy atom. The third kappa shape index (κ3) is 6.41. The quantitative estimate of drug-likeness (QED) is 0.172. The summed E-state index contributed by atoms with van der Waals surface area (Å²) in [5.41, 5.74) is 22.3. The summed E-state index contributed by atoms with van der Waals surface area (Å²) in [6.45, 7) is 0. The number of para-hydroxylation sites is 6. The summed E-state index contributed by atoms with van der Waals surface area (Å²) >= 11 is 0. The number of nitrogens with zero attached hydrogens (tertiary/aromatic N) is 2. The van der Waals surface area contributed by atoms with Crippen molar-refractivity contribution in [2.75, 3.05) is 9.80 Å². The van der Waals surface area contributed by atoms with E-state index in [0.29, 0.717) is 0 Å². The van der Waals surface area contributed by atoms with Crippen molar-refractivity contribution in [3.8, 4) is 34.1 Å². The number of benzene rings is 10. The molecule has 0 amide bonds. The van der Waals surface area contributed by atoms with Crippen molar-refractivity contribution in [2.24, 2.45) is 0 Å². The van der Waals surface area contributed by atoms with Crippen molar-refractivity contribution in [3.05, 3.63) is 323 Å². The number of allylic oxidation sites excluding steroid dienone is 8. The third-order valence-electron chi connectivity index (χ3n) is 17.2. The van der Waals surface area contributed by atoms with Gasteiger partial charge in [0.2, 0.25) is 0 Å². The van der Waals surface area contributed by atoms with E-state index in [9.17, 15) is 0 Å². The molecule has 4 heterocycles. The molecule has 0 fully saturated rings. The van der Waals surface area contributed by atoms with Gasteiger partial charge in [-0.1, -0.05) is 182 Å². The number of hydrogen-bond donors (Lipinski definition) is 0. The molecular formula is C74H52N2O2. The second-order valence-electron chi connectivity index (χ2n) is 21.2. The van der Waals surface area contributed by atoms with E-state index in [2.05, 4.69) is 277 Å². The average Bonchev–Trinajstić information content (AvgIpc) is 3.42. The van der Waals surface area contributed by atoms with Gasteiger partial charge in [0.25, 0.3) is 0 Å². The molecule has 4 aliphatic heterocycles. The Bertz CT molecular complexity index is 3870. The second kappa shape index (κ2) is 17.5. The zero-order chi connectivity index (χ0) is 51.4. The van der Waals surface area contributed by atoms with E-state index in [1.54, 1.807) is 0 Å². The number of fused-ring (bicyclic) bond motifs is 16. The maximum absolute atomic E-state index is 6.75. The maximum atomic E-state index is 6.75. The molecular weight excluding hydrogens is 949 g/mol. The van der Waals surface area contributed by atoms with Crippen molar-refractivity contribution in [1.29, 1.82) is 0 Å². The van der Waals surface area contributed by atoms with Crippen LogP contribution in [0.5, 0.6) is 23.0 Å². The maximum Gasteiger partial charge on any atom is 0.132 e. The zero-order valence-electron chi connectivity index (χ0n) is 42.9. The molecule has 16 rings (SSSR count). The highest BCUT2D eigenvalue weighted by Gasteiger charge is 2.53. The van der Waals surface area contributed by atoms with Gasteiger partial charge in [-0.2, -0.15) is 0 Å². The Morgan fingerprint density at radius 3 is 0.962 bits per heavy atom. The lowest BCUT2D eigenvalue weighted by Gasteiger charge is -2.48. The summed E-state index contributed by atoms with van der Waals surface area (Å²) in [7, 11) is 0. The van der Waals surface area contributed by atoms with Gasteiger partial charge < -0.3 is 19.3 Å². The lowest BCUT2D eigenvalue weighted by molar-refractivity contribution is 0.433. The minimum Gasteiger partial charge on any atom is -0.457 e. The minimum atomic E-state index is -0.632. The van der Waals surface area contributed by atoms with Gasteiger partial charge >= 0.3 is 0 Å². The van der Waals surface area contributed by atoms with Crippen molar-refractivity contribution in [1.82, 2.24) is 0 Å². The first-order chi connectivity index (χ1) is 38.7. The van der Waals surface area contributed by atoms with Crippen LogP contribution in [0.3, 0.4) is 0 Å². The number of anilines is 6. The molecule has 2 spiro atoms. The fraction of sp³-hybridized carbons (Fsp3) is 0.0811. The van der Waals surface area contributed by atoms with Crippen LogP contribution in [-0.2, 0) is 10.8 Å². The molecule has 4 heteroatoms. The second-order valence-corrected chi connectivity index (χ2v) is 21.2. The Balaban J connectivity index is 0.814. The average molecular weight is 1000 g/mol. The van der Waals surface area contributed by atoms with Gasteiger partial charge in [-0.15, -0.1) is 0 Å². The van der Waals surface area contributed by atoms with Gasteiger partial charge in [0.15, 0.2) is 0 Å². The van der Waals surface area contributed by atoms with Crippen molar-refractivity contribution in [3.63, 3.8) is 0 Å². The Kier molecular flexibility index (Phi) is 9.99. The van der Waals surface area contributed by atoms with Crippen LogP contribution in [-0.4, -0.2) is 0 Å². The van der Waals surface area contributed by atoms with Crippen molar-refractivity contribution in [2.45, 2.75) is 36.5 Å². The molecule has 0 radical (unpaired) electrons. The summed E-state index contributed by atoms with van der Waals surface area (Å²) in [6.07, 6.45) is 18.2. The molecule has 4 nitrogen and oxygen atoms in total. The summed E-state index contributed by atoms with van der Waals surface area (Å²) in [4.78, 5) is 4.94. The smallest absolute Gasteiger partial charge is 0.132 e. The van der Waals surface area contributed by atoms with Crippen LogP contribution in [0.4, 0.5) is 34.1 Å². The molecule has 6 aliphatic rings. The van der Waals surface area contributed by atoms with Gasteiger partial charge in [0, 0.05) is 33.6 Å². The fourth-order valence-electron chi connectivity index (χ4n) is 13.9. The number of hydrogen-bond acceptors (Lipinski definition) is 4.